The summed E-state index contributed by atoms with van der Waals surface area (Å²) < 4.78 is 7.90. The van der Waals surface area contributed by atoms with E-state index in [0.29, 0.717) is 17.3 Å². The fourth-order valence-corrected chi connectivity index (χ4v) is 4.95. The summed E-state index contributed by atoms with van der Waals surface area (Å²) in [6, 6.07) is 9.80. The molecule has 0 atom stereocenters. The van der Waals surface area contributed by atoms with Gasteiger partial charge in [-0.25, -0.2) is 9.20 Å². The van der Waals surface area contributed by atoms with E-state index in [0.717, 1.165) is 37.2 Å². The van der Waals surface area contributed by atoms with Crippen LogP contribution in [0, 0.1) is 0 Å². The van der Waals surface area contributed by atoms with Gasteiger partial charge in [-0.3, -0.25) is 9.59 Å². The lowest BCUT2D eigenvalue weighted by Crippen LogP contribution is -2.49. The normalized spacial score (nSPS) is 18.0. The van der Waals surface area contributed by atoms with Gasteiger partial charge in [0.1, 0.15) is 24.1 Å². The number of carbonyl (C=O) groups excluding carboxylic acids is 1. The fourth-order valence-electron chi connectivity index (χ4n) is 4.95. The Morgan fingerprint density at radius 3 is 2.48 bits per heavy atom. The summed E-state index contributed by atoms with van der Waals surface area (Å²) >= 11 is 0. The van der Waals surface area contributed by atoms with Gasteiger partial charge in [-0.05, 0) is 69.1 Å². The molecule has 9 nitrogen and oxygen atoms in total. The maximum Gasteiger partial charge on any atom is 0.293 e. The Morgan fingerprint density at radius 2 is 1.79 bits per heavy atom. The molecular weight excluding hydrogens is 420 g/mol. The molecule has 9 heteroatoms. The van der Waals surface area contributed by atoms with Gasteiger partial charge < -0.3 is 14.5 Å². The molecule has 1 amide bonds. The lowest BCUT2D eigenvalue weighted by atomic mass is 10.00. The average Bonchev–Trinajstić information content (AvgIpc) is 3.32. The second-order valence-corrected chi connectivity index (χ2v) is 8.89. The van der Waals surface area contributed by atoms with Crippen LogP contribution < -0.4 is 10.3 Å². The predicted molar refractivity (Wildman–Crippen MR) is 124 cm³/mol. The van der Waals surface area contributed by atoms with Gasteiger partial charge >= 0.3 is 0 Å². The molecule has 3 aromatic rings. The molecular formula is C24H30N6O3. The molecule has 1 aromatic carbocycles. The molecule has 0 saturated carbocycles. The van der Waals surface area contributed by atoms with E-state index < -0.39 is 0 Å². The van der Waals surface area contributed by atoms with E-state index in [4.69, 9.17) is 4.74 Å². The zero-order valence-electron chi connectivity index (χ0n) is 19.0. The van der Waals surface area contributed by atoms with Crippen molar-refractivity contribution in [2.24, 2.45) is 0 Å². The first kappa shape index (κ1) is 21.6. The number of rotatable bonds is 5. The molecule has 2 fully saturated rings. The smallest absolute Gasteiger partial charge is 0.293 e. The van der Waals surface area contributed by atoms with Crippen molar-refractivity contribution in [1.29, 1.82) is 0 Å². The molecule has 5 rings (SSSR count). The first-order valence-electron chi connectivity index (χ1n) is 11.7. The van der Waals surface area contributed by atoms with Crippen LogP contribution >= 0.6 is 0 Å². The van der Waals surface area contributed by atoms with E-state index in [9.17, 15) is 9.59 Å². The van der Waals surface area contributed by atoms with Gasteiger partial charge in [-0.1, -0.05) is 6.42 Å². The number of amides is 1. The van der Waals surface area contributed by atoms with Crippen molar-refractivity contribution in [3.05, 3.63) is 47.0 Å². The molecule has 4 heterocycles. The summed E-state index contributed by atoms with van der Waals surface area (Å²) in [5.74, 6) is 0.700. The zero-order valence-corrected chi connectivity index (χ0v) is 19.0. The molecule has 0 radical (unpaired) electrons. The van der Waals surface area contributed by atoms with E-state index in [1.165, 1.54) is 47.9 Å². The Balaban J connectivity index is 1.26. The summed E-state index contributed by atoms with van der Waals surface area (Å²) in [4.78, 5) is 30.4. The number of aromatic nitrogens is 4. The highest BCUT2D eigenvalue weighted by Gasteiger charge is 2.28. The van der Waals surface area contributed by atoms with Crippen LogP contribution in [0.4, 0.5) is 0 Å². The standard InChI is InChI=1S/C24H30N6O3/c1-33-20-7-5-18(6-8-20)21-15-22-24(32)29(25-17-30(22)26-21)16-23(31)28-13-9-19(10-14-28)27-11-3-2-4-12-27/h5-8,15,17,19H,2-4,9-14,16H2,1H3. The number of piperidine rings is 2. The van der Waals surface area contributed by atoms with Crippen LogP contribution in [0.25, 0.3) is 16.8 Å². The van der Waals surface area contributed by atoms with Crippen LogP contribution in [-0.4, -0.2) is 74.4 Å². The van der Waals surface area contributed by atoms with Crippen LogP contribution in [0.1, 0.15) is 32.1 Å². The third kappa shape index (κ3) is 4.50. The number of carbonyl (C=O) groups is 1. The number of benzene rings is 1. The lowest BCUT2D eigenvalue weighted by Gasteiger charge is -2.40. The number of ether oxygens (including phenoxy) is 1. The van der Waals surface area contributed by atoms with E-state index in [1.54, 1.807) is 13.2 Å². The summed E-state index contributed by atoms with van der Waals surface area (Å²) in [5.41, 5.74) is 1.62. The van der Waals surface area contributed by atoms with Crippen LogP contribution in [0.2, 0.25) is 0 Å². The third-order valence-corrected chi connectivity index (χ3v) is 6.88. The minimum absolute atomic E-state index is 0.0488. The second kappa shape index (κ2) is 9.35. The van der Waals surface area contributed by atoms with Crippen LogP contribution in [0.5, 0.6) is 5.75 Å². The Labute approximate surface area is 192 Å². The predicted octanol–water partition coefficient (Wildman–Crippen LogP) is 2.04. The number of fused-ring (bicyclic) bond motifs is 1. The first-order chi connectivity index (χ1) is 16.1. The average molecular weight is 451 g/mol. The number of hydrogen-bond acceptors (Lipinski definition) is 6. The molecule has 2 aliphatic heterocycles. The number of nitrogens with zero attached hydrogens (tertiary/aromatic N) is 6. The quantitative estimate of drug-likeness (QED) is 0.592. The van der Waals surface area contributed by atoms with Crippen molar-refractivity contribution in [1.82, 2.24) is 29.2 Å². The molecule has 33 heavy (non-hydrogen) atoms. The SMILES string of the molecule is COc1ccc(-c2cc3c(=O)n(CC(=O)N4CCC(N5CCCCC5)CC4)ncn3n2)cc1. The van der Waals surface area contributed by atoms with Gasteiger partial charge in [0.05, 0.1) is 12.8 Å². The van der Waals surface area contributed by atoms with Gasteiger partial charge in [-0.15, -0.1) is 0 Å². The zero-order chi connectivity index (χ0) is 22.8. The molecule has 174 valence electrons. The second-order valence-electron chi connectivity index (χ2n) is 8.89. The van der Waals surface area contributed by atoms with Crippen LogP contribution in [0.15, 0.2) is 41.5 Å². The number of likely N-dealkylation sites (tertiary alicyclic amines) is 2. The highest BCUT2D eigenvalue weighted by molar-refractivity contribution is 5.76. The van der Waals surface area contributed by atoms with E-state index >= 15 is 0 Å². The van der Waals surface area contributed by atoms with Crippen LogP contribution in [0.3, 0.4) is 0 Å². The van der Waals surface area contributed by atoms with Gasteiger partial charge in [0, 0.05) is 24.7 Å². The highest BCUT2D eigenvalue weighted by atomic mass is 16.5. The Bertz CT molecular complexity index is 1170. The Morgan fingerprint density at radius 1 is 1.06 bits per heavy atom. The fraction of sp³-hybridized carbons (Fsp3) is 0.500. The molecule has 0 aliphatic carbocycles. The molecule has 2 aliphatic rings. The molecule has 0 spiro atoms. The van der Waals surface area contributed by atoms with Crippen molar-refractivity contribution in [3.8, 4) is 17.0 Å². The lowest BCUT2D eigenvalue weighted by molar-refractivity contribution is -0.133. The van der Waals surface area contributed by atoms with Gasteiger partial charge in [0.2, 0.25) is 5.91 Å². The summed E-state index contributed by atoms with van der Waals surface area (Å²) in [6.07, 6.45) is 7.39. The molecule has 0 N–H and O–H groups in total. The maximum absolute atomic E-state index is 13.0. The minimum Gasteiger partial charge on any atom is -0.497 e. The topological polar surface area (TPSA) is 85.0 Å². The van der Waals surface area contributed by atoms with E-state index in [2.05, 4.69) is 15.1 Å². The van der Waals surface area contributed by atoms with Crippen molar-refractivity contribution in [2.45, 2.75) is 44.7 Å². The van der Waals surface area contributed by atoms with Crippen molar-refractivity contribution < 1.29 is 9.53 Å². The van der Waals surface area contributed by atoms with Gasteiger partial charge in [-0.2, -0.15) is 10.2 Å². The Kier molecular flexibility index (Phi) is 6.13. The van der Waals surface area contributed by atoms with Crippen LogP contribution in [-0.2, 0) is 11.3 Å². The van der Waals surface area contributed by atoms with Crippen molar-refractivity contribution in [2.75, 3.05) is 33.3 Å². The number of methoxy groups -OCH3 is 1. The third-order valence-electron chi connectivity index (χ3n) is 6.88. The van der Waals surface area contributed by atoms with Crippen molar-refractivity contribution >= 4 is 11.4 Å². The first-order valence-corrected chi connectivity index (χ1v) is 11.7. The van der Waals surface area contributed by atoms with E-state index in [1.807, 2.05) is 29.2 Å². The van der Waals surface area contributed by atoms with Gasteiger partial charge in [0.15, 0.2) is 0 Å². The molecule has 2 aromatic heterocycles. The Hall–Kier alpha value is -3.20. The molecule has 0 unspecified atom stereocenters. The monoisotopic (exact) mass is 450 g/mol. The van der Waals surface area contributed by atoms with Gasteiger partial charge in [0.25, 0.3) is 5.56 Å². The van der Waals surface area contributed by atoms with E-state index in [-0.39, 0.29) is 18.0 Å². The molecule has 2 saturated heterocycles. The maximum atomic E-state index is 13.0. The largest absolute Gasteiger partial charge is 0.497 e. The summed E-state index contributed by atoms with van der Waals surface area (Å²) in [5, 5.41) is 8.66. The molecule has 0 bridgehead atoms. The van der Waals surface area contributed by atoms with Crippen molar-refractivity contribution in [3.63, 3.8) is 0 Å². The summed E-state index contributed by atoms with van der Waals surface area (Å²) in [7, 11) is 1.62. The number of hydrogen-bond donors (Lipinski definition) is 0. The minimum atomic E-state index is -0.318. The highest BCUT2D eigenvalue weighted by Crippen LogP contribution is 2.22. The summed E-state index contributed by atoms with van der Waals surface area (Å²) in [6.45, 7) is 3.80.